The fourth-order valence-electron chi connectivity index (χ4n) is 1.73. The summed E-state index contributed by atoms with van der Waals surface area (Å²) in [4.78, 5) is 0.722. The summed E-state index contributed by atoms with van der Waals surface area (Å²) < 4.78 is 37.9. The van der Waals surface area contributed by atoms with Crippen molar-refractivity contribution in [3.8, 4) is 0 Å². The number of alkyl halides is 3. The molecule has 1 aliphatic rings. The second kappa shape index (κ2) is 3.72. The van der Waals surface area contributed by atoms with Crippen molar-refractivity contribution in [3.63, 3.8) is 0 Å². The normalized spacial score (nSPS) is 20.4. The van der Waals surface area contributed by atoms with Gasteiger partial charge in [-0.2, -0.15) is 13.2 Å². The molecule has 1 aromatic rings. The first kappa shape index (κ1) is 10.8. The summed E-state index contributed by atoms with van der Waals surface area (Å²) in [5.74, 6) is 0. The van der Waals surface area contributed by atoms with E-state index in [9.17, 15) is 13.2 Å². The molecule has 1 unspecified atom stereocenters. The second-order valence-electron chi connectivity index (χ2n) is 3.46. The van der Waals surface area contributed by atoms with Crippen molar-refractivity contribution in [2.75, 3.05) is 6.54 Å². The van der Waals surface area contributed by atoms with E-state index in [0.717, 1.165) is 11.0 Å². The summed E-state index contributed by atoms with van der Waals surface area (Å²) >= 11 is 1.44. The van der Waals surface area contributed by atoms with Gasteiger partial charge < -0.3 is 5.73 Å². The molecule has 1 nitrogen and oxygen atoms in total. The molecule has 0 amide bonds. The molecule has 15 heavy (non-hydrogen) atoms. The average Bonchev–Trinajstić information content (AvgIpc) is 2.57. The Kier molecular flexibility index (Phi) is 2.68. The zero-order chi connectivity index (χ0) is 11.1. The lowest BCUT2D eigenvalue weighted by molar-refractivity contribution is -0.138. The third-order valence-corrected chi connectivity index (χ3v) is 3.76. The Morgan fingerprint density at radius 1 is 1.40 bits per heavy atom. The lowest BCUT2D eigenvalue weighted by atomic mass is 10.0. The minimum absolute atomic E-state index is 0.0866. The zero-order valence-electron chi connectivity index (χ0n) is 7.84. The monoisotopic (exact) mass is 233 g/mol. The van der Waals surface area contributed by atoms with Gasteiger partial charge >= 0.3 is 6.18 Å². The SMILES string of the molecule is NCC1Cc2c(cccc2C(F)(F)F)S1. The largest absolute Gasteiger partial charge is 0.416 e. The molecule has 1 heterocycles. The van der Waals surface area contributed by atoms with Gasteiger partial charge in [0.1, 0.15) is 0 Å². The summed E-state index contributed by atoms with van der Waals surface area (Å²) in [7, 11) is 0. The highest BCUT2D eigenvalue weighted by atomic mass is 32.2. The van der Waals surface area contributed by atoms with Gasteiger partial charge in [-0.1, -0.05) is 6.07 Å². The highest BCUT2D eigenvalue weighted by molar-refractivity contribution is 8.00. The molecule has 0 radical (unpaired) electrons. The minimum atomic E-state index is -4.25. The Balaban J connectivity index is 2.42. The molecule has 0 aromatic heterocycles. The van der Waals surface area contributed by atoms with E-state index in [0.29, 0.717) is 18.5 Å². The third kappa shape index (κ3) is 1.99. The van der Waals surface area contributed by atoms with Crippen LogP contribution in [0.2, 0.25) is 0 Å². The van der Waals surface area contributed by atoms with Crippen LogP contribution in [0.25, 0.3) is 0 Å². The fourth-order valence-corrected chi connectivity index (χ4v) is 2.93. The van der Waals surface area contributed by atoms with Crippen LogP contribution in [0.5, 0.6) is 0 Å². The molecule has 0 fully saturated rings. The Morgan fingerprint density at radius 3 is 2.73 bits per heavy atom. The number of hydrogen-bond donors (Lipinski definition) is 1. The fraction of sp³-hybridized carbons (Fsp3) is 0.400. The van der Waals surface area contributed by atoms with Crippen molar-refractivity contribution in [2.45, 2.75) is 22.7 Å². The maximum absolute atomic E-state index is 12.6. The molecule has 0 aliphatic carbocycles. The molecular formula is C10H10F3NS. The topological polar surface area (TPSA) is 26.0 Å². The van der Waals surface area contributed by atoms with Crippen molar-refractivity contribution in [2.24, 2.45) is 5.73 Å². The van der Waals surface area contributed by atoms with Crippen LogP contribution in [0, 0.1) is 0 Å². The number of rotatable bonds is 1. The van der Waals surface area contributed by atoms with Gasteiger partial charge in [0, 0.05) is 16.7 Å². The first-order valence-electron chi connectivity index (χ1n) is 4.58. The predicted octanol–water partition coefficient (Wildman–Crippen LogP) is 2.68. The van der Waals surface area contributed by atoms with Gasteiger partial charge in [-0.3, -0.25) is 0 Å². The molecule has 5 heteroatoms. The summed E-state index contributed by atoms with van der Waals surface area (Å²) in [5, 5.41) is 0.0866. The van der Waals surface area contributed by atoms with Gasteiger partial charge in [-0.05, 0) is 24.1 Å². The first-order chi connectivity index (χ1) is 7.02. The van der Waals surface area contributed by atoms with Crippen LogP contribution in [0.4, 0.5) is 13.2 Å². The molecule has 0 saturated heterocycles. The summed E-state index contributed by atoms with van der Waals surface area (Å²) in [6.07, 6.45) is -3.83. The van der Waals surface area contributed by atoms with E-state index >= 15 is 0 Å². The van der Waals surface area contributed by atoms with E-state index < -0.39 is 11.7 Å². The molecule has 82 valence electrons. The van der Waals surface area contributed by atoms with Crippen LogP contribution in [-0.2, 0) is 12.6 Å². The number of benzene rings is 1. The maximum Gasteiger partial charge on any atom is 0.416 e. The number of nitrogens with two attached hydrogens (primary N) is 1. The lowest BCUT2D eigenvalue weighted by Gasteiger charge is -2.10. The molecular weight excluding hydrogens is 223 g/mol. The molecule has 0 bridgehead atoms. The Bertz CT molecular complexity index is 375. The number of hydrogen-bond acceptors (Lipinski definition) is 2. The van der Waals surface area contributed by atoms with Crippen LogP contribution in [0.1, 0.15) is 11.1 Å². The number of fused-ring (bicyclic) bond motifs is 1. The van der Waals surface area contributed by atoms with Crippen LogP contribution < -0.4 is 5.73 Å². The molecule has 0 spiro atoms. The summed E-state index contributed by atoms with van der Waals surface area (Å²) in [6, 6.07) is 4.32. The molecule has 1 aliphatic heterocycles. The van der Waals surface area contributed by atoms with E-state index in [4.69, 9.17) is 5.73 Å². The van der Waals surface area contributed by atoms with Crippen molar-refractivity contribution < 1.29 is 13.2 Å². The second-order valence-corrected chi connectivity index (χ2v) is 4.80. The van der Waals surface area contributed by atoms with Crippen LogP contribution >= 0.6 is 11.8 Å². The molecule has 1 aromatic carbocycles. The van der Waals surface area contributed by atoms with E-state index in [-0.39, 0.29) is 5.25 Å². The molecule has 0 saturated carbocycles. The van der Waals surface area contributed by atoms with Crippen LogP contribution in [-0.4, -0.2) is 11.8 Å². The van der Waals surface area contributed by atoms with Gasteiger partial charge in [-0.15, -0.1) is 11.8 Å². The predicted molar refractivity (Wildman–Crippen MR) is 53.8 cm³/mol. The van der Waals surface area contributed by atoms with Crippen LogP contribution in [0.15, 0.2) is 23.1 Å². The average molecular weight is 233 g/mol. The summed E-state index contributed by atoms with van der Waals surface area (Å²) in [6.45, 7) is 0.413. The summed E-state index contributed by atoms with van der Waals surface area (Å²) in [5.41, 5.74) is 5.37. The lowest BCUT2D eigenvalue weighted by Crippen LogP contribution is -2.16. The quantitative estimate of drug-likeness (QED) is 0.807. The van der Waals surface area contributed by atoms with Gasteiger partial charge in [-0.25, -0.2) is 0 Å². The van der Waals surface area contributed by atoms with Crippen molar-refractivity contribution in [3.05, 3.63) is 29.3 Å². The van der Waals surface area contributed by atoms with Gasteiger partial charge in [0.05, 0.1) is 5.56 Å². The molecule has 2 N–H and O–H groups in total. The van der Waals surface area contributed by atoms with Gasteiger partial charge in [0.25, 0.3) is 0 Å². The third-order valence-electron chi connectivity index (χ3n) is 2.43. The van der Waals surface area contributed by atoms with Gasteiger partial charge in [0.15, 0.2) is 0 Å². The number of thioether (sulfide) groups is 1. The van der Waals surface area contributed by atoms with E-state index in [1.54, 1.807) is 6.07 Å². The van der Waals surface area contributed by atoms with E-state index in [1.165, 1.54) is 17.8 Å². The minimum Gasteiger partial charge on any atom is -0.329 e. The Morgan fingerprint density at radius 2 is 2.13 bits per heavy atom. The van der Waals surface area contributed by atoms with Gasteiger partial charge in [0.2, 0.25) is 0 Å². The maximum atomic E-state index is 12.6. The molecule has 1 atom stereocenters. The van der Waals surface area contributed by atoms with Crippen molar-refractivity contribution in [1.82, 2.24) is 0 Å². The Hall–Kier alpha value is -0.680. The number of halogens is 3. The van der Waals surface area contributed by atoms with Crippen LogP contribution in [0.3, 0.4) is 0 Å². The van der Waals surface area contributed by atoms with E-state index in [1.807, 2.05) is 0 Å². The Labute approximate surface area is 89.8 Å². The molecule has 2 rings (SSSR count). The standard InChI is InChI=1S/C10H10F3NS/c11-10(12,13)8-2-1-3-9-7(8)4-6(5-14)15-9/h1-3,6H,4-5,14H2. The highest BCUT2D eigenvalue weighted by Gasteiger charge is 2.36. The van der Waals surface area contributed by atoms with Crippen molar-refractivity contribution in [1.29, 1.82) is 0 Å². The van der Waals surface area contributed by atoms with E-state index in [2.05, 4.69) is 0 Å². The smallest absolute Gasteiger partial charge is 0.329 e. The zero-order valence-corrected chi connectivity index (χ0v) is 8.66. The first-order valence-corrected chi connectivity index (χ1v) is 5.46. The highest BCUT2D eigenvalue weighted by Crippen LogP contribution is 2.43. The van der Waals surface area contributed by atoms with Crippen molar-refractivity contribution >= 4 is 11.8 Å².